The van der Waals surface area contributed by atoms with Crippen molar-refractivity contribution in [2.24, 2.45) is 45.5 Å². The van der Waals surface area contributed by atoms with Crippen molar-refractivity contribution in [3.05, 3.63) is 58.0 Å². The number of rotatable bonds is 4. The number of ether oxygens (including phenoxy) is 3. The zero-order valence-corrected chi connectivity index (χ0v) is 36.9. The van der Waals surface area contributed by atoms with Crippen LogP contribution in [0.3, 0.4) is 0 Å². The molecule has 5 aliphatic rings. The summed E-state index contributed by atoms with van der Waals surface area (Å²) in [7, 11) is 0. The molecule has 61 heavy (non-hydrogen) atoms. The number of allylic oxidation sites excluding steroid dienone is 2. The Hall–Kier alpha value is -4.83. The van der Waals surface area contributed by atoms with Crippen LogP contribution in [0.5, 0.6) is 17.2 Å². The quantitative estimate of drug-likeness (QED) is 0.187. The summed E-state index contributed by atoms with van der Waals surface area (Å²) in [5, 5.41) is 61.0. The van der Waals surface area contributed by atoms with E-state index in [1.807, 2.05) is 0 Å². The molecule has 5 aliphatic heterocycles. The van der Waals surface area contributed by atoms with E-state index in [-0.39, 0.29) is 49.7 Å². The maximum absolute atomic E-state index is 14.7. The van der Waals surface area contributed by atoms with E-state index in [2.05, 4.69) is 29.1 Å². The lowest BCUT2D eigenvalue weighted by atomic mass is 9.76. The minimum atomic E-state index is -1.98. The van der Waals surface area contributed by atoms with Gasteiger partial charge in [-0.3, -0.25) is 19.4 Å². The highest BCUT2D eigenvalue weighted by molar-refractivity contribution is 6.21. The van der Waals surface area contributed by atoms with Gasteiger partial charge in [0.1, 0.15) is 34.0 Å². The number of benzene rings is 2. The van der Waals surface area contributed by atoms with Gasteiger partial charge in [0, 0.05) is 99.0 Å². The number of nitrogens with one attached hydrogen (secondary N) is 1. The molecule has 15 nitrogen and oxygen atoms in total. The highest BCUT2D eigenvalue weighted by atomic mass is 16.7. The minimum Gasteiger partial charge on any atom is -0.507 e. The molecule has 2 aromatic rings. The number of carbonyl (C=O) groups excluding carboxylic acids is 3. The van der Waals surface area contributed by atoms with E-state index < -0.39 is 89.4 Å². The van der Waals surface area contributed by atoms with Gasteiger partial charge in [0.2, 0.25) is 0 Å². The molecule has 2 aromatic carbocycles. The second kappa shape index (κ2) is 17.5. The molecule has 1 amide bonds. The number of aliphatic hydroxyl groups is 3. The molecule has 5 bridgehead atoms. The molecule has 1 fully saturated rings. The lowest BCUT2D eigenvalue weighted by Crippen LogP contribution is -2.47. The molecule has 15 heteroatoms. The van der Waals surface area contributed by atoms with Crippen molar-refractivity contribution in [2.45, 2.75) is 112 Å². The number of hydrogen-bond donors (Lipinski definition) is 6. The Kier molecular flexibility index (Phi) is 13.1. The van der Waals surface area contributed by atoms with Crippen molar-refractivity contribution in [3.63, 3.8) is 0 Å². The summed E-state index contributed by atoms with van der Waals surface area (Å²) in [5.74, 6) is -7.49. The fourth-order valence-corrected chi connectivity index (χ4v) is 9.25. The molecule has 0 aliphatic carbocycles. The van der Waals surface area contributed by atoms with Crippen LogP contribution in [0.4, 0.5) is 5.69 Å². The van der Waals surface area contributed by atoms with Crippen molar-refractivity contribution in [3.8, 4) is 17.2 Å². The van der Waals surface area contributed by atoms with E-state index in [0.717, 1.165) is 6.54 Å². The zero-order valence-electron chi connectivity index (χ0n) is 36.9. The van der Waals surface area contributed by atoms with Crippen LogP contribution in [0.25, 0.3) is 10.8 Å². The summed E-state index contributed by atoms with van der Waals surface area (Å²) in [6, 6.07) is 0. The molecule has 0 unspecified atom stereocenters. The predicted octanol–water partition coefficient (Wildman–Crippen LogP) is 4.34. The summed E-state index contributed by atoms with van der Waals surface area (Å²) in [4.78, 5) is 52.8. The lowest BCUT2D eigenvalue weighted by Gasteiger charge is -2.38. The standard InChI is InChI=1S/C46H62N4O11/c1-22(2)20-50-17-15-46(16-18-50)48-34-31-32-39(55)28(8)42-33(31)43(57)45(10,61-42)59-19-14-30(21-51)25(5)41(60-29(9)52)27(7)38(54)26(6)37(53)23(3)12-11-13-24(4)44(58)47-36(40(32)56)35(34)49-46/h11-14,19,22-23,25-27,30,37-38,41,48,51,53-56H,15-18,20-21H2,1-10H3/b12-11+,19-14+,24-13-,47-36?/t23-,25+,26+,27+,30+,37-,38+,41+,45-/m0/s1. The van der Waals surface area contributed by atoms with Crippen molar-refractivity contribution < 1.29 is 54.1 Å². The molecule has 9 atom stereocenters. The van der Waals surface area contributed by atoms with Crippen LogP contribution in [0.2, 0.25) is 0 Å². The highest BCUT2D eigenvalue weighted by Gasteiger charge is 2.50. The van der Waals surface area contributed by atoms with Gasteiger partial charge in [-0.25, -0.2) is 4.99 Å². The third-order valence-electron chi connectivity index (χ3n) is 13.1. The monoisotopic (exact) mass is 846 g/mol. The van der Waals surface area contributed by atoms with Gasteiger partial charge in [-0.2, -0.15) is 0 Å². The van der Waals surface area contributed by atoms with Crippen LogP contribution < -0.4 is 20.8 Å². The third kappa shape index (κ3) is 8.54. The first kappa shape index (κ1) is 45.7. The number of aliphatic hydroxyl groups excluding tert-OH is 3. The number of aromatic hydroxyl groups is 2. The Morgan fingerprint density at radius 3 is 2.28 bits per heavy atom. The number of likely N-dealkylation sites (tertiary alicyclic amines) is 1. The number of ketones is 1. The number of nitrogens with zero attached hydrogens (tertiary/aromatic N) is 3. The molecule has 7 rings (SSSR count). The summed E-state index contributed by atoms with van der Waals surface area (Å²) < 4.78 is 18.1. The number of anilines is 1. The minimum absolute atomic E-state index is 0.0357. The third-order valence-corrected chi connectivity index (χ3v) is 13.1. The van der Waals surface area contributed by atoms with E-state index in [1.54, 1.807) is 53.7 Å². The largest absolute Gasteiger partial charge is 0.507 e. The van der Waals surface area contributed by atoms with Gasteiger partial charge in [-0.15, -0.1) is 0 Å². The number of phenolic OH excluding ortho intramolecular Hbond substituents is 2. The van der Waals surface area contributed by atoms with Gasteiger partial charge in [0.15, 0.2) is 5.75 Å². The highest BCUT2D eigenvalue weighted by Crippen LogP contribution is 2.51. The Balaban J connectivity index is 1.55. The fraction of sp³-hybridized carbons (Fsp3) is 0.587. The Morgan fingerprint density at radius 1 is 0.984 bits per heavy atom. The van der Waals surface area contributed by atoms with E-state index in [0.29, 0.717) is 37.5 Å². The van der Waals surface area contributed by atoms with Crippen molar-refractivity contribution in [1.82, 2.24) is 4.90 Å². The van der Waals surface area contributed by atoms with Crippen LogP contribution >= 0.6 is 0 Å². The van der Waals surface area contributed by atoms with Crippen LogP contribution in [0.1, 0.15) is 91.1 Å². The topological polar surface area (TPSA) is 220 Å². The zero-order chi connectivity index (χ0) is 44.9. The van der Waals surface area contributed by atoms with Crippen LogP contribution in [0, 0.1) is 42.4 Å². The summed E-state index contributed by atoms with van der Waals surface area (Å²) in [6.07, 6.45) is 5.63. The molecule has 0 radical (unpaired) electrons. The van der Waals surface area contributed by atoms with E-state index >= 15 is 0 Å². The van der Waals surface area contributed by atoms with Gasteiger partial charge in [0.25, 0.3) is 11.7 Å². The van der Waals surface area contributed by atoms with Crippen molar-refractivity contribution in [2.75, 3.05) is 31.6 Å². The summed E-state index contributed by atoms with van der Waals surface area (Å²) >= 11 is 0. The van der Waals surface area contributed by atoms with E-state index in [9.17, 15) is 39.9 Å². The Morgan fingerprint density at radius 2 is 1.66 bits per heavy atom. The van der Waals surface area contributed by atoms with Crippen molar-refractivity contribution in [1.29, 1.82) is 0 Å². The lowest BCUT2D eigenvalue weighted by molar-refractivity contribution is -0.159. The first-order valence-electron chi connectivity index (χ1n) is 21.3. The maximum atomic E-state index is 14.7. The number of piperidine rings is 1. The second-order valence-electron chi connectivity index (χ2n) is 18.1. The van der Waals surface area contributed by atoms with Crippen molar-refractivity contribution >= 4 is 34.1 Å². The first-order chi connectivity index (χ1) is 28.6. The number of fused-ring (bicyclic) bond motifs is 13. The Bertz CT molecular complexity index is 2300. The first-order valence-corrected chi connectivity index (χ1v) is 21.3. The molecule has 1 spiro atoms. The molecular weight excluding hydrogens is 785 g/mol. The van der Waals surface area contributed by atoms with Gasteiger partial charge < -0.3 is 50.0 Å². The van der Waals surface area contributed by atoms with E-state index in [4.69, 9.17) is 19.2 Å². The smallest absolute Gasteiger partial charge is 0.312 e. The Labute approximate surface area is 356 Å². The number of amides is 1. The number of phenols is 2. The van der Waals surface area contributed by atoms with Gasteiger partial charge >= 0.3 is 11.8 Å². The van der Waals surface area contributed by atoms with Crippen LogP contribution in [-0.4, -0.2) is 104 Å². The summed E-state index contributed by atoms with van der Waals surface area (Å²) in [6.45, 7) is 19.0. The number of carbonyl (C=O) groups is 3. The molecule has 5 heterocycles. The number of Topliss-reactive ketones (excluding diaryl/α,β-unsaturated/α-hetero) is 1. The molecule has 6 N–H and O–H groups in total. The van der Waals surface area contributed by atoms with E-state index in [1.165, 1.54) is 32.3 Å². The molecule has 1 saturated heterocycles. The summed E-state index contributed by atoms with van der Waals surface area (Å²) in [5.41, 5.74) is -0.176. The normalized spacial score (nSPS) is 32.7. The molecule has 332 valence electrons. The van der Waals surface area contributed by atoms with Crippen LogP contribution in [-0.2, 0) is 19.1 Å². The van der Waals surface area contributed by atoms with Gasteiger partial charge in [-0.05, 0) is 25.8 Å². The molecule has 0 saturated carbocycles. The average Bonchev–Trinajstić information content (AvgIpc) is 3.71. The second-order valence-corrected chi connectivity index (χ2v) is 18.1. The number of esters is 1. The van der Waals surface area contributed by atoms with Gasteiger partial charge in [0.05, 0.1) is 35.1 Å². The number of hydrogen-bond acceptors (Lipinski definition) is 14. The maximum Gasteiger partial charge on any atom is 0.312 e. The molecule has 0 aromatic heterocycles. The molecular formula is C46H62N4O11. The van der Waals surface area contributed by atoms with Crippen LogP contribution in [0.15, 0.2) is 46.1 Å². The SMILES string of the molecule is CC(=O)O[C@H]1[C@H](C)[C@H](O)[C@H](C)[C@@H](O)[C@@H](C)/C=C/C=C(/C)C(=O)N=c2c(O)c3c(O)c(C)c4c(c3c3c2=NC2(CCN(CC(C)C)CC2)N3)C(=O)[C@@](C)(O/C=C/[C@H](CO)[C@H]1C)O4. The van der Waals surface area contributed by atoms with Gasteiger partial charge in [-0.1, -0.05) is 59.8 Å². The predicted molar refractivity (Wildman–Crippen MR) is 227 cm³/mol. The average molecular weight is 847 g/mol. The fourth-order valence-electron chi connectivity index (χ4n) is 9.25.